The van der Waals surface area contributed by atoms with Crippen LogP contribution in [-0.2, 0) is 6.54 Å². The molecule has 2 heterocycles. The summed E-state index contributed by atoms with van der Waals surface area (Å²) in [5.41, 5.74) is 1.22. The van der Waals surface area contributed by atoms with E-state index in [0.29, 0.717) is 18.5 Å². The van der Waals surface area contributed by atoms with Gasteiger partial charge in [0.1, 0.15) is 0 Å². The molecular formula is C15H20N4OS. The van der Waals surface area contributed by atoms with Crippen molar-refractivity contribution in [3.05, 3.63) is 35.9 Å². The molecule has 1 aromatic carbocycles. The lowest BCUT2D eigenvalue weighted by Crippen LogP contribution is -2.34. The second-order valence-electron chi connectivity index (χ2n) is 5.35. The molecule has 0 amide bonds. The average Bonchev–Trinajstić information content (AvgIpc) is 3.03. The van der Waals surface area contributed by atoms with Gasteiger partial charge in [0.25, 0.3) is 0 Å². The van der Waals surface area contributed by atoms with Crippen LogP contribution in [0.3, 0.4) is 0 Å². The summed E-state index contributed by atoms with van der Waals surface area (Å²) in [5.74, 6) is 1.15. The number of rotatable bonds is 5. The molecule has 0 bridgehead atoms. The Kier molecular flexibility index (Phi) is 4.67. The number of piperidine rings is 1. The molecule has 21 heavy (non-hydrogen) atoms. The van der Waals surface area contributed by atoms with Crippen LogP contribution in [0.5, 0.6) is 0 Å². The number of benzene rings is 1. The molecule has 0 spiro atoms. The van der Waals surface area contributed by atoms with E-state index < -0.39 is 0 Å². The van der Waals surface area contributed by atoms with Gasteiger partial charge in [0.15, 0.2) is 0 Å². The minimum Gasteiger partial charge on any atom is -0.396 e. The number of anilines is 2. The summed E-state index contributed by atoms with van der Waals surface area (Å²) in [4.78, 5) is 6.82. The molecule has 0 radical (unpaired) electrons. The fourth-order valence-electron chi connectivity index (χ4n) is 2.50. The highest BCUT2D eigenvalue weighted by molar-refractivity contribution is 7.09. The van der Waals surface area contributed by atoms with Gasteiger partial charge in [-0.15, -0.1) is 0 Å². The Balaban J connectivity index is 1.54. The number of aliphatic hydroxyl groups excluding tert-OH is 1. The Morgan fingerprint density at radius 2 is 2.00 bits per heavy atom. The third-order valence-electron chi connectivity index (χ3n) is 3.85. The number of aliphatic hydroxyl groups is 1. The van der Waals surface area contributed by atoms with Gasteiger partial charge >= 0.3 is 0 Å². The van der Waals surface area contributed by atoms with Crippen LogP contribution >= 0.6 is 11.5 Å². The highest BCUT2D eigenvalue weighted by atomic mass is 32.1. The van der Waals surface area contributed by atoms with Gasteiger partial charge in [0.05, 0.1) is 0 Å². The van der Waals surface area contributed by atoms with Crippen molar-refractivity contribution >= 4 is 22.6 Å². The lowest BCUT2D eigenvalue weighted by molar-refractivity contribution is 0.203. The minimum absolute atomic E-state index is 0.299. The summed E-state index contributed by atoms with van der Waals surface area (Å²) >= 11 is 1.44. The minimum atomic E-state index is 0.299. The van der Waals surface area contributed by atoms with E-state index in [4.69, 9.17) is 0 Å². The zero-order valence-corrected chi connectivity index (χ0v) is 12.7. The van der Waals surface area contributed by atoms with Gasteiger partial charge in [-0.1, -0.05) is 30.3 Å². The normalized spacial score (nSPS) is 16.1. The van der Waals surface area contributed by atoms with Gasteiger partial charge in [-0.05, 0) is 24.3 Å². The summed E-state index contributed by atoms with van der Waals surface area (Å²) in [6, 6.07) is 10.2. The van der Waals surface area contributed by atoms with Gasteiger partial charge in [-0.3, -0.25) is 0 Å². The Labute approximate surface area is 128 Å². The largest absolute Gasteiger partial charge is 0.396 e. The molecule has 1 aromatic heterocycles. The molecule has 1 aliphatic heterocycles. The van der Waals surface area contributed by atoms with E-state index in [2.05, 4.69) is 31.7 Å². The summed E-state index contributed by atoms with van der Waals surface area (Å²) in [6.07, 6.45) is 2.06. The number of aromatic nitrogens is 2. The van der Waals surface area contributed by atoms with Crippen LogP contribution < -0.4 is 10.2 Å². The second-order valence-corrected chi connectivity index (χ2v) is 6.08. The molecule has 1 fully saturated rings. The van der Waals surface area contributed by atoms with Gasteiger partial charge in [-0.2, -0.15) is 9.36 Å². The second kappa shape index (κ2) is 6.87. The van der Waals surface area contributed by atoms with Crippen molar-refractivity contribution in [1.29, 1.82) is 0 Å². The van der Waals surface area contributed by atoms with Gasteiger partial charge in [0.2, 0.25) is 11.1 Å². The maximum absolute atomic E-state index is 9.18. The molecule has 0 unspecified atom stereocenters. The van der Waals surface area contributed by atoms with E-state index in [0.717, 1.165) is 37.6 Å². The first kappa shape index (κ1) is 14.3. The molecule has 1 saturated heterocycles. The Hall–Kier alpha value is -1.66. The van der Waals surface area contributed by atoms with E-state index in [1.54, 1.807) is 0 Å². The first-order chi connectivity index (χ1) is 10.3. The summed E-state index contributed by atoms with van der Waals surface area (Å²) in [6.45, 7) is 2.95. The molecule has 1 aliphatic rings. The smallest absolute Gasteiger partial charge is 0.236 e. The summed E-state index contributed by atoms with van der Waals surface area (Å²) in [5, 5.41) is 13.4. The van der Waals surface area contributed by atoms with Crippen molar-refractivity contribution in [2.45, 2.75) is 19.4 Å². The third kappa shape index (κ3) is 3.71. The van der Waals surface area contributed by atoms with Crippen molar-refractivity contribution in [1.82, 2.24) is 9.36 Å². The highest BCUT2D eigenvalue weighted by Crippen LogP contribution is 2.25. The molecule has 0 aliphatic carbocycles. The van der Waals surface area contributed by atoms with E-state index in [9.17, 15) is 5.11 Å². The van der Waals surface area contributed by atoms with Gasteiger partial charge in [0, 0.05) is 37.8 Å². The molecular weight excluding hydrogens is 284 g/mol. The van der Waals surface area contributed by atoms with Gasteiger partial charge < -0.3 is 15.3 Å². The van der Waals surface area contributed by atoms with Crippen molar-refractivity contribution in [2.75, 3.05) is 29.9 Å². The van der Waals surface area contributed by atoms with Crippen LogP contribution in [0.4, 0.5) is 11.1 Å². The SMILES string of the molecule is OCC1CCN(c2nc(NCc3ccccc3)ns2)CC1. The fourth-order valence-corrected chi connectivity index (χ4v) is 3.20. The monoisotopic (exact) mass is 304 g/mol. The molecule has 6 heteroatoms. The molecule has 2 aromatic rings. The van der Waals surface area contributed by atoms with E-state index in [1.165, 1.54) is 17.1 Å². The third-order valence-corrected chi connectivity index (χ3v) is 4.63. The highest BCUT2D eigenvalue weighted by Gasteiger charge is 2.21. The predicted octanol–water partition coefficient (Wildman–Crippen LogP) is 2.36. The Bertz CT molecular complexity index is 552. The fraction of sp³-hybridized carbons (Fsp3) is 0.467. The van der Waals surface area contributed by atoms with E-state index in [1.807, 2.05) is 18.2 Å². The molecule has 0 saturated carbocycles. The zero-order chi connectivity index (χ0) is 14.5. The van der Waals surface area contributed by atoms with Crippen LogP contribution in [-0.4, -0.2) is 34.2 Å². The van der Waals surface area contributed by atoms with E-state index in [-0.39, 0.29) is 0 Å². The molecule has 3 rings (SSSR count). The number of hydrogen-bond donors (Lipinski definition) is 2. The van der Waals surface area contributed by atoms with Crippen molar-refractivity contribution in [3.63, 3.8) is 0 Å². The lowest BCUT2D eigenvalue weighted by Gasteiger charge is -2.30. The Morgan fingerprint density at radius 1 is 1.24 bits per heavy atom. The number of hydrogen-bond acceptors (Lipinski definition) is 6. The molecule has 5 nitrogen and oxygen atoms in total. The lowest BCUT2D eigenvalue weighted by atomic mass is 9.98. The van der Waals surface area contributed by atoms with Crippen molar-refractivity contribution in [3.8, 4) is 0 Å². The number of nitrogens with one attached hydrogen (secondary N) is 1. The molecule has 112 valence electrons. The quantitative estimate of drug-likeness (QED) is 0.888. The van der Waals surface area contributed by atoms with Crippen LogP contribution in [0.25, 0.3) is 0 Å². The number of nitrogens with zero attached hydrogens (tertiary/aromatic N) is 3. The predicted molar refractivity (Wildman–Crippen MR) is 85.7 cm³/mol. The van der Waals surface area contributed by atoms with E-state index >= 15 is 0 Å². The summed E-state index contributed by atoms with van der Waals surface area (Å²) < 4.78 is 4.37. The summed E-state index contributed by atoms with van der Waals surface area (Å²) in [7, 11) is 0. The van der Waals surface area contributed by atoms with Gasteiger partial charge in [-0.25, -0.2) is 0 Å². The zero-order valence-electron chi connectivity index (χ0n) is 11.9. The maximum atomic E-state index is 9.18. The van der Waals surface area contributed by atoms with Crippen molar-refractivity contribution < 1.29 is 5.11 Å². The van der Waals surface area contributed by atoms with Crippen LogP contribution in [0.1, 0.15) is 18.4 Å². The topological polar surface area (TPSA) is 61.3 Å². The van der Waals surface area contributed by atoms with Crippen molar-refractivity contribution in [2.24, 2.45) is 5.92 Å². The standard InChI is InChI=1S/C15H20N4OS/c20-11-13-6-8-19(9-7-13)15-17-14(18-21-15)16-10-12-4-2-1-3-5-12/h1-5,13,20H,6-11H2,(H,16,18). The first-order valence-electron chi connectivity index (χ1n) is 7.32. The molecule has 0 atom stereocenters. The van der Waals surface area contributed by atoms with Crippen LogP contribution in [0.2, 0.25) is 0 Å². The van der Waals surface area contributed by atoms with Crippen LogP contribution in [0.15, 0.2) is 30.3 Å². The average molecular weight is 304 g/mol. The molecule has 2 N–H and O–H groups in total. The Morgan fingerprint density at radius 3 is 2.71 bits per heavy atom. The maximum Gasteiger partial charge on any atom is 0.236 e. The van der Waals surface area contributed by atoms with Crippen LogP contribution in [0, 0.1) is 5.92 Å². The first-order valence-corrected chi connectivity index (χ1v) is 8.10.